The minimum absolute atomic E-state index is 0.0134. The quantitative estimate of drug-likeness (QED) is 0.764. The molecule has 2 N–H and O–H groups in total. The largest absolute Gasteiger partial charge is 0.391 e. The van der Waals surface area contributed by atoms with E-state index in [1.54, 1.807) is 18.3 Å². The Morgan fingerprint density at radius 1 is 1.35 bits per heavy atom. The zero-order valence-electron chi connectivity index (χ0n) is 9.76. The topological polar surface area (TPSA) is 68.9 Å². The molecule has 4 heteroatoms. The second-order valence-electron chi connectivity index (χ2n) is 4.47. The van der Waals surface area contributed by atoms with E-state index in [1.807, 2.05) is 0 Å². The van der Waals surface area contributed by atoms with Crippen LogP contribution in [0.25, 0.3) is 0 Å². The number of pyridine rings is 1. The third-order valence-electron chi connectivity index (χ3n) is 3.23. The lowest BCUT2D eigenvalue weighted by Gasteiger charge is -2.22. The van der Waals surface area contributed by atoms with Crippen LogP contribution in [0, 0.1) is 11.3 Å². The van der Waals surface area contributed by atoms with E-state index in [1.165, 1.54) is 6.42 Å². The van der Waals surface area contributed by atoms with Gasteiger partial charge in [0.1, 0.15) is 11.9 Å². The molecule has 1 fully saturated rings. The van der Waals surface area contributed by atoms with E-state index in [0.29, 0.717) is 11.4 Å². The Kier molecular flexibility index (Phi) is 3.94. The summed E-state index contributed by atoms with van der Waals surface area (Å²) in [7, 11) is 0. The van der Waals surface area contributed by atoms with Crippen molar-refractivity contribution >= 4 is 5.82 Å². The van der Waals surface area contributed by atoms with E-state index >= 15 is 0 Å². The minimum atomic E-state index is -0.342. The smallest absolute Gasteiger partial charge is 0.144 e. The van der Waals surface area contributed by atoms with E-state index in [2.05, 4.69) is 16.4 Å². The molecular weight excluding hydrogens is 214 g/mol. The molecule has 2 atom stereocenters. The summed E-state index contributed by atoms with van der Waals surface area (Å²) in [4.78, 5) is 4.16. The summed E-state index contributed by atoms with van der Waals surface area (Å²) in [5.41, 5.74) is 0.531. The van der Waals surface area contributed by atoms with Crippen molar-refractivity contribution in [1.82, 2.24) is 4.98 Å². The van der Waals surface area contributed by atoms with Crippen molar-refractivity contribution in [2.45, 2.75) is 44.2 Å². The third kappa shape index (κ3) is 2.95. The van der Waals surface area contributed by atoms with E-state index in [4.69, 9.17) is 5.26 Å². The van der Waals surface area contributed by atoms with Gasteiger partial charge in [0.2, 0.25) is 0 Å². The number of rotatable bonds is 2. The van der Waals surface area contributed by atoms with Crippen LogP contribution in [0.15, 0.2) is 18.3 Å². The molecule has 1 aliphatic rings. The summed E-state index contributed by atoms with van der Waals surface area (Å²) < 4.78 is 0. The van der Waals surface area contributed by atoms with Crippen molar-refractivity contribution in [2.75, 3.05) is 5.32 Å². The maximum absolute atomic E-state index is 10.0. The number of hydrogen-bond donors (Lipinski definition) is 2. The number of nitrogens with zero attached hydrogens (tertiary/aromatic N) is 2. The van der Waals surface area contributed by atoms with Crippen LogP contribution in [-0.4, -0.2) is 22.2 Å². The van der Waals surface area contributed by atoms with Crippen LogP contribution in [0.1, 0.15) is 37.7 Å². The van der Waals surface area contributed by atoms with Crippen molar-refractivity contribution in [1.29, 1.82) is 5.26 Å². The standard InChI is InChI=1S/C13H17N3O/c14-9-10-5-4-8-15-13(10)16-11-6-2-1-3-7-12(11)17/h4-5,8,11-12,17H,1-3,6-7H2,(H,15,16). The summed E-state index contributed by atoms with van der Waals surface area (Å²) in [5.74, 6) is 0.584. The number of nitriles is 1. The van der Waals surface area contributed by atoms with Gasteiger partial charge in [-0.2, -0.15) is 5.26 Å². The predicted molar refractivity (Wildman–Crippen MR) is 65.5 cm³/mol. The first-order valence-electron chi connectivity index (χ1n) is 6.11. The van der Waals surface area contributed by atoms with Gasteiger partial charge in [0, 0.05) is 6.20 Å². The molecule has 1 saturated carbocycles. The van der Waals surface area contributed by atoms with Gasteiger partial charge in [0.05, 0.1) is 17.7 Å². The van der Waals surface area contributed by atoms with Gasteiger partial charge in [-0.25, -0.2) is 4.98 Å². The van der Waals surface area contributed by atoms with Crippen molar-refractivity contribution < 1.29 is 5.11 Å². The lowest BCUT2D eigenvalue weighted by molar-refractivity contribution is 0.144. The number of anilines is 1. The first kappa shape index (κ1) is 11.9. The second-order valence-corrected chi connectivity index (χ2v) is 4.47. The number of hydrogen-bond acceptors (Lipinski definition) is 4. The van der Waals surface area contributed by atoms with Gasteiger partial charge in [-0.3, -0.25) is 0 Å². The van der Waals surface area contributed by atoms with Gasteiger partial charge in [-0.05, 0) is 25.0 Å². The molecule has 90 valence electrons. The van der Waals surface area contributed by atoms with Crippen LogP contribution < -0.4 is 5.32 Å². The van der Waals surface area contributed by atoms with Crippen molar-refractivity contribution in [3.8, 4) is 6.07 Å². The Hall–Kier alpha value is -1.60. The van der Waals surface area contributed by atoms with Gasteiger partial charge < -0.3 is 10.4 Å². The van der Waals surface area contributed by atoms with Crippen molar-refractivity contribution in [2.24, 2.45) is 0 Å². The molecule has 1 aromatic rings. The number of aliphatic hydroxyl groups excluding tert-OH is 1. The SMILES string of the molecule is N#Cc1cccnc1NC1CCCCCC1O. The molecule has 0 aliphatic heterocycles. The molecule has 1 heterocycles. The molecule has 2 rings (SSSR count). The molecule has 0 spiro atoms. The second kappa shape index (κ2) is 5.65. The Labute approximate surface area is 101 Å². The van der Waals surface area contributed by atoms with Gasteiger partial charge in [-0.15, -0.1) is 0 Å². The number of aliphatic hydroxyl groups is 1. The fraction of sp³-hybridized carbons (Fsp3) is 0.538. The Morgan fingerprint density at radius 2 is 2.18 bits per heavy atom. The molecule has 0 radical (unpaired) electrons. The lowest BCUT2D eigenvalue weighted by Crippen LogP contribution is -2.33. The van der Waals surface area contributed by atoms with E-state index in [0.717, 1.165) is 25.7 Å². The molecule has 0 amide bonds. The Morgan fingerprint density at radius 3 is 3.00 bits per heavy atom. The summed E-state index contributed by atoms with van der Waals surface area (Å²) in [5, 5.41) is 22.2. The highest BCUT2D eigenvalue weighted by Gasteiger charge is 2.22. The van der Waals surface area contributed by atoms with Gasteiger partial charge >= 0.3 is 0 Å². The molecule has 2 unspecified atom stereocenters. The summed E-state index contributed by atoms with van der Waals surface area (Å²) in [6.45, 7) is 0. The normalized spacial score (nSPS) is 24.7. The highest BCUT2D eigenvalue weighted by atomic mass is 16.3. The van der Waals surface area contributed by atoms with Gasteiger partial charge in [0.25, 0.3) is 0 Å². The molecule has 1 aliphatic carbocycles. The lowest BCUT2D eigenvalue weighted by atomic mass is 10.1. The maximum atomic E-state index is 10.0. The Balaban J connectivity index is 2.11. The average molecular weight is 231 g/mol. The first-order valence-corrected chi connectivity index (χ1v) is 6.11. The predicted octanol–water partition coefficient (Wildman–Crippen LogP) is 2.06. The summed E-state index contributed by atoms with van der Waals surface area (Å²) >= 11 is 0. The highest BCUT2D eigenvalue weighted by Crippen LogP contribution is 2.22. The molecule has 0 bridgehead atoms. The number of nitrogens with one attached hydrogen (secondary N) is 1. The summed E-state index contributed by atoms with van der Waals surface area (Å²) in [6, 6.07) is 5.60. The van der Waals surface area contributed by atoms with Crippen molar-refractivity contribution in [3.63, 3.8) is 0 Å². The van der Waals surface area contributed by atoms with Crippen molar-refractivity contribution in [3.05, 3.63) is 23.9 Å². The number of aromatic nitrogens is 1. The molecule has 4 nitrogen and oxygen atoms in total. The average Bonchev–Trinajstić information content (AvgIpc) is 2.56. The van der Waals surface area contributed by atoms with Gasteiger partial charge in [0.15, 0.2) is 0 Å². The zero-order chi connectivity index (χ0) is 12.1. The van der Waals surface area contributed by atoms with Crippen LogP contribution in [-0.2, 0) is 0 Å². The maximum Gasteiger partial charge on any atom is 0.144 e. The fourth-order valence-corrected chi connectivity index (χ4v) is 2.24. The monoisotopic (exact) mass is 231 g/mol. The van der Waals surface area contributed by atoms with Crippen LogP contribution >= 0.6 is 0 Å². The fourth-order valence-electron chi connectivity index (χ4n) is 2.24. The van der Waals surface area contributed by atoms with E-state index in [9.17, 15) is 5.11 Å². The summed E-state index contributed by atoms with van der Waals surface area (Å²) in [6.07, 6.45) is 6.44. The van der Waals surface area contributed by atoms with Gasteiger partial charge in [-0.1, -0.05) is 19.3 Å². The molecule has 17 heavy (non-hydrogen) atoms. The van der Waals surface area contributed by atoms with E-state index < -0.39 is 0 Å². The minimum Gasteiger partial charge on any atom is -0.391 e. The zero-order valence-corrected chi connectivity index (χ0v) is 9.76. The Bertz CT molecular complexity index is 413. The molecule has 0 aromatic carbocycles. The third-order valence-corrected chi connectivity index (χ3v) is 3.23. The molecule has 1 aromatic heterocycles. The molecule has 0 saturated heterocycles. The molecular formula is C13H17N3O. The van der Waals surface area contributed by atoms with Crippen LogP contribution in [0.4, 0.5) is 5.82 Å². The van der Waals surface area contributed by atoms with Crippen LogP contribution in [0.5, 0.6) is 0 Å². The van der Waals surface area contributed by atoms with Crippen LogP contribution in [0.2, 0.25) is 0 Å². The highest BCUT2D eigenvalue weighted by molar-refractivity contribution is 5.51. The van der Waals surface area contributed by atoms with E-state index in [-0.39, 0.29) is 12.1 Å². The first-order chi connectivity index (χ1) is 8.31. The van der Waals surface area contributed by atoms with Crippen LogP contribution in [0.3, 0.4) is 0 Å².